The van der Waals surface area contributed by atoms with Gasteiger partial charge >= 0.3 is 0 Å². The van der Waals surface area contributed by atoms with Gasteiger partial charge in [-0.15, -0.1) is 0 Å². The lowest BCUT2D eigenvalue weighted by Crippen LogP contribution is -2.03. The van der Waals surface area contributed by atoms with Crippen LogP contribution in [0.1, 0.15) is 16.1 Å². The predicted octanol–water partition coefficient (Wildman–Crippen LogP) is 4.77. The summed E-state index contributed by atoms with van der Waals surface area (Å²) in [5.41, 5.74) is 2.49. The van der Waals surface area contributed by atoms with Crippen molar-refractivity contribution in [1.82, 2.24) is 9.97 Å². The topological polar surface area (TPSA) is 56.0 Å². The van der Waals surface area contributed by atoms with Crippen LogP contribution in [-0.4, -0.2) is 15.8 Å². The average molecular weight is 335 g/mol. The Morgan fingerprint density at radius 3 is 2.42 bits per heavy atom. The minimum absolute atomic E-state index is 0.153. The van der Waals surface area contributed by atoms with Gasteiger partial charge in [0, 0.05) is 5.56 Å². The van der Waals surface area contributed by atoms with Gasteiger partial charge in [-0.1, -0.05) is 54.1 Å². The number of rotatable bonds is 3. The van der Waals surface area contributed by atoms with Crippen LogP contribution in [0.15, 0.2) is 71.1 Å². The third-order valence-corrected chi connectivity index (χ3v) is 3.96. The molecule has 0 spiro atoms. The van der Waals surface area contributed by atoms with Gasteiger partial charge < -0.3 is 4.42 Å². The van der Waals surface area contributed by atoms with Crippen molar-refractivity contribution in [3.63, 3.8) is 0 Å². The summed E-state index contributed by atoms with van der Waals surface area (Å²) in [7, 11) is 0. The molecule has 0 bridgehead atoms. The molecule has 0 aliphatic heterocycles. The number of hydrogen-bond donors (Lipinski definition) is 0. The van der Waals surface area contributed by atoms with Crippen LogP contribution in [-0.2, 0) is 0 Å². The molecule has 0 atom stereocenters. The smallest absolute Gasteiger partial charge is 0.230 e. The summed E-state index contributed by atoms with van der Waals surface area (Å²) >= 11 is 6.17. The number of ketones is 1. The summed E-state index contributed by atoms with van der Waals surface area (Å²) in [6.45, 7) is 0. The molecule has 24 heavy (non-hydrogen) atoms. The fourth-order valence-corrected chi connectivity index (χ4v) is 2.65. The van der Waals surface area contributed by atoms with Gasteiger partial charge in [0.15, 0.2) is 11.2 Å². The Bertz CT molecular complexity index is 1040. The molecule has 4 rings (SSSR count). The highest BCUT2D eigenvalue weighted by Crippen LogP contribution is 2.29. The lowest BCUT2D eigenvalue weighted by atomic mass is 10.1. The average Bonchev–Trinajstić information content (AvgIpc) is 3.05. The van der Waals surface area contributed by atoms with E-state index in [-0.39, 0.29) is 5.78 Å². The van der Waals surface area contributed by atoms with Crippen LogP contribution < -0.4 is 0 Å². The molecule has 4 aromatic rings. The quantitative estimate of drug-likeness (QED) is 0.506. The zero-order valence-corrected chi connectivity index (χ0v) is 13.2. The second-order valence-corrected chi connectivity index (χ2v) is 5.62. The Morgan fingerprint density at radius 1 is 0.875 bits per heavy atom. The highest BCUT2D eigenvalue weighted by Gasteiger charge is 2.15. The number of oxazole rings is 1. The highest BCUT2D eigenvalue weighted by atomic mass is 35.5. The summed E-state index contributed by atoms with van der Waals surface area (Å²) in [5, 5.41) is 0.546. The number of carbonyl (C=O) groups excluding carboxylic acids is 1. The van der Waals surface area contributed by atoms with E-state index in [1.807, 2.05) is 36.4 Å². The van der Waals surface area contributed by atoms with E-state index in [1.54, 1.807) is 30.3 Å². The molecule has 0 aliphatic rings. The first-order chi connectivity index (χ1) is 11.7. The molecule has 5 heteroatoms. The number of halogens is 1. The first-order valence-electron chi connectivity index (χ1n) is 7.34. The monoisotopic (exact) mass is 334 g/mol. The van der Waals surface area contributed by atoms with E-state index < -0.39 is 0 Å². The van der Waals surface area contributed by atoms with E-state index in [4.69, 9.17) is 16.0 Å². The lowest BCUT2D eigenvalue weighted by Gasteiger charge is -1.99. The van der Waals surface area contributed by atoms with E-state index in [0.717, 1.165) is 0 Å². The fraction of sp³-hybridized carbons (Fsp3) is 0. The Balaban J connectivity index is 1.77. The minimum atomic E-state index is -0.153. The van der Waals surface area contributed by atoms with E-state index in [0.29, 0.717) is 39.0 Å². The molecule has 0 N–H and O–H groups in total. The molecule has 2 aromatic carbocycles. The standard InChI is InChI=1S/C19H11ClN2O2/c20-14-9-5-4-8-13(14)19-22-18-16(24-19)11-10-15(21-18)17(23)12-6-2-1-3-7-12/h1-11H. The Morgan fingerprint density at radius 2 is 1.62 bits per heavy atom. The predicted molar refractivity (Wildman–Crippen MR) is 92.1 cm³/mol. The summed E-state index contributed by atoms with van der Waals surface area (Å²) in [5.74, 6) is 0.229. The Hall–Kier alpha value is -2.98. The first kappa shape index (κ1) is 14.6. The van der Waals surface area contributed by atoms with Crippen LogP contribution in [0.4, 0.5) is 0 Å². The van der Waals surface area contributed by atoms with Crippen molar-refractivity contribution in [3.8, 4) is 11.5 Å². The van der Waals surface area contributed by atoms with E-state index in [9.17, 15) is 4.79 Å². The van der Waals surface area contributed by atoms with E-state index in [1.165, 1.54) is 0 Å². The number of hydrogen-bond acceptors (Lipinski definition) is 4. The van der Waals surface area contributed by atoms with Crippen LogP contribution in [0.25, 0.3) is 22.7 Å². The second-order valence-electron chi connectivity index (χ2n) is 5.21. The summed E-state index contributed by atoms with van der Waals surface area (Å²) in [6.07, 6.45) is 0. The largest absolute Gasteiger partial charge is 0.434 e. The maximum atomic E-state index is 12.5. The molecule has 0 saturated carbocycles. The maximum Gasteiger partial charge on any atom is 0.230 e. The van der Waals surface area contributed by atoms with Crippen molar-refractivity contribution in [2.24, 2.45) is 0 Å². The van der Waals surface area contributed by atoms with E-state index >= 15 is 0 Å². The molecule has 0 fully saturated rings. The van der Waals surface area contributed by atoms with Crippen LogP contribution in [0.2, 0.25) is 5.02 Å². The van der Waals surface area contributed by atoms with E-state index in [2.05, 4.69) is 9.97 Å². The number of aromatic nitrogens is 2. The number of pyridine rings is 1. The lowest BCUT2D eigenvalue weighted by molar-refractivity contribution is 0.103. The van der Waals surface area contributed by atoms with Gasteiger partial charge in [-0.3, -0.25) is 4.79 Å². The van der Waals surface area contributed by atoms with Gasteiger partial charge in [-0.2, -0.15) is 4.98 Å². The summed E-state index contributed by atoms with van der Waals surface area (Å²) in [6, 6.07) is 19.6. The molecule has 0 radical (unpaired) electrons. The zero-order valence-electron chi connectivity index (χ0n) is 12.4. The van der Waals surface area contributed by atoms with Crippen molar-refractivity contribution < 1.29 is 9.21 Å². The Kier molecular flexibility index (Phi) is 3.59. The number of carbonyl (C=O) groups is 1. The second kappa shape index (κ2) is 5.91. The first-order valence-corrected chi connectivity index (χ1v) is 7.72. The van der Waals surface area contributed by atoms with Gasteiger partial charge in [0.25, 0.3) is 0 Å². The van der Waals surface area contributed by atoms with Gasteiger partial charge in [0.05, 0.1) is 10.6 Å². The van der Waals surface area contributed by atoms with Crippen molar-refractivity contribution in [3.05, 3.63) is 83.0 Å². The van der Waals surface area contributed by atoms with Crippen molar-refractivity contribution in [1.29, 1.82) is 0 Å². The zero-order chi connectivity index (χ0) is 16.5. The molecule has 0 saturated heterocycles. The van der Waals surface area contributed by atoms with Crippen LogP contribution >= 0.6 is 11.6 Å². The maximum absolute atomic E-state index is 12.5. The fourth-order valence-electron chi connectivity index (χ4n) is 2.43. The van der Waals surface area contributed by atoms with Crippen molar-refractivity contribution in [2.75, 3.05) is 0 Å². The molecule has 0 aliphatic carbocycles. The minimum Gasteiger partial charge on any atom is -0.434 e. The van der Waals surface area contributed by atoms with Crippen molar-refractivity contribution >= 4 is 28.6 Å². The normalized spacial score (nSPS) is 10.9. The molecule has 0 unspecified atom stereocenters. The van der Waals surface area contributed by atoms with Gasteiger partial charge in [0.2, 0.25) is 11.7 Å². The van der Waals surface area contributed by atoms with Crippen LogP contribution in [0.5, 0.6) is 0 Å². The SMILES string of the molecule is O=C(c1ccccc1)c1ccc2oc(-c3ccccc3Cl)nc2n1. The molecular weight excluding hydrogens is 324 g/mol. The van der Waals surface area contributed by atoms with Gasteiger partial charge in [0.1, 0.15) is 5.69 Å². The molecule has 4 nitrogen and oxygen atoms in total. The molecule has 116 valence electrons. The third kappa shape index (κ3) is 2.57. The number of fused-ring (bicyclic) bond motifs is 1. The summed E-state index contributed by atoms with van der Waals surface area (Å²) in [4.78, 5) is 21.2. The molecule has 2 heterocycles. The highest BCUT2D eigenvalue weighted by molar-refractivity contribution is 6.33. The number of benzene rings is 2. The molecule has 0 amide bonds. The third-order valence-electron chi connectivity index (χ3n) is 3.63. The van der Waals surface area contributed by atoms with Crippen LogP contribution in [0, 0.1) is 0 Å². The Labute approximate surface area is 142 Å². The van der Waals surface area contributed by atoms with Crippen LogP contribution in [0.3, 0.4) is 0 Å². The summed E-state index contributed by atoms with van der Waals surface area (Å²) < 4.78 is 5.71. The molecule has 2 aromatic heterocycles. The van der Waals surface area contributed by atoms with Gasteiger partial charge in [-0.05, 0) is 24.3 Å². The molecular formula is C19H11ClN2O2. The van der Waals surface area contributed by atoms with Gasteiger partial charge in [-0.25, -0.2) is 4.98 Å². The number of nitrogens with zero attached hydrogens (tertiary/aromatic N) is 2. The van der Waals surface area contributed by atoms with Crippen molar-refractivity contribution in [2.45, 2.75) is 0 Å².